The number of amidine groups is 1. The summed E-state index contributed by atoms with van der Waals surface area (Å²) >= 11 is 1.19. The third kappa shape index (κ3) is 3.03. The molecule has 0 saturated carbocycles. The Morgan fingerprint density at radius 3 is 2.65 bits per heavy atom. The number of oxime groups is 1. The highest BCUT2D eigenvalue weighted by Crippen LogP contribution is 2.34. The van der Waals surface area contributed by atoms with Gasteiger partial charge in [0.2, 0.25) is 0 Å². The van der Waals surface area contributed by atoms with Gasteiger partial charge < -0.3 is 15.7 Å². The normalized spacial score (nSPS) is 11.4. The minimum absolute atomic E-state index is 0.0357. The molecule has 0 saturated heterocycles. The molecule has 2 aromatic carbocycles. The lowest BCUT2D eigenvalue weighted by atomic mass is 10.2. The molecule has 0 aliphatic carbocycles. The summed E-state index contributed by atoms with van der Waals surface area (Å²) in [5.41, 5.74) is 6.15. The fourth-order valence-electron chi connectivity index (χ4n) is 1.63. The van der Waals surface area contributed by atoms with Crippen molar-refractivity contribution in [3.05, 3.63) is 53.8 Å². The molecule has 6 heteroatoms. The maximum absolute atomic E-state index is 13.7. The van der Waals surface area contributed by atoms with Crippen LogP contribution in [0, 0.1) is 5.82 Å². The average Bonchev–Trinajstić information content (AvgIpc) is 2.48. The molecule has 20 heavy (non-hydrogen) atoms. The van der Waals surface area contributed by atoms with Gasteiger partial charge in [-0.25, -0.2) is 4.39 Å². The number of nitrogens with two attached hydrogens (primary N) is 1. The van der Waals surface area contributed by atoms with Crippen LogP contribution in [-0.2, 0) is 0 Å². The van der Waals surface area contributed by atoms with Crippen molar-refractivity contribution in [1.82, 2.24) is 0 Å². The van der Waals surface area contributed by atoms with Gasteiger partial charge >= 0.3 is 0 Å². The fourth-order valence-corrected chi connectivity index (χ4v) is 2.63. The first-order valence-electron chi connectivity index (χ1n) is 5.74. The van der Waals surface area contributed by atoms with Crippen molar-refractivity contribution in [2.75, 3.05) is 7.11 Å². The molecule has 104 valence electrons. The lowest BCUT2D eigenvalue weighted by Crippen LogP contribution is -2.14. The van der Waals surface area contributed by atoms with E-state index in [1.165, 1.54) is 24.9 Å². The molecule has 0 atom stereocenters. The second-order valence-electron chi connectivity index (χ2n) is 3.88. The number of halogens is 1. The van der Waals surface area contributed by atoms with Crippen LogP contribution in [0.5, 0.6) is 5.75 Å². The highest BCUT2D eigenvalue weighted by molar-refractivity contribution is 7.99. The molecular formula is C14H13FN2O2S. The van der Waals surface area contributed by atoms with Crippen molar-refractivity contribution in [2.24, 2.45) is 10.9 Å². The van der Waals surface area contributed by atoms with Gasteiger partial charge in [0, 0.05) is 15.4 Å². The van der Waals surface area contributed by atoms with Gasteiger partial charge in [0.05, 0.1) is 7.11 Å². The summed E-state index contributed by atoms with van der Waals surface area (Å²) in [6, 6.07) is 11.5. The lowest BCUT2D eigenvalue weighted by molar-refractivity contribution is 0.318. The third-order valence-electron chi connectivity index (χ3n) is 2.63. The molecule has 3 N–H and O–H groups in total. The molecule has 2 rings (SSSR count). The first kappa shape index (κ1) is 14.2. The van der Waals surface area contributed by atoms with Crippen LogP contribution >= 0.6 is 11.8 Å². The van der Waals surface area contributed by atoms with Gasteiger partial charge in [-0.3, -0.25) is 0 Å². The van der Waals surface area contributed by atoms with Gasteiger partial charge in [0.15, 0.2) is 5.84 Å². The molecule has 0 bridgehead atoms. The van der Waals surface area contributed by atoms with Crippen LogP contribution in [-0.4, -0.2) is 18.2 Å². The monoisotopic (exact) mass is 292 g/mol. The Morgan fingerprint density at radius 1 is 1.25 bits per heavy atom. The summed E-state index contributed by atoms with van der Waals surface area (Å²) in [6.07, 6.45) is 0. The molecule has 0 aliphatic heterocycles. The molecule has 0 heterocycles. The van der Waals surface area contributed by atoms with Gasteiger partial charge in [0.1, 0.15) is 11.6 Å². The maximum atomic E-state index is 13.7. The first-order chi connectivity index (χ1) is 9.65. The van der Waals surface area contributed by atoms with E-state index in [1.807, 2.05) is 0 Å². The van der Waals surface area contributed by atoms with Crippen molar-refractivity contribution < 1.29 is 14.3 Å². The van der Waals surface area contributed by atoms with E-state index in [0.29, 0.717) is 21.1 Å². The van der Waals surface area contributed by atoms with E-state index in [2.05, 4.69) is 5.16 Å². The summed E-state index contributed by atoms with van der Waals surface area (Å²) < 4.78 is 18.9. The summed E-state index contributed by atoms with van der Waals surface area (Å²) in [5.74, 6) is 0.246. The van der Waals surface area contributed by atoms with Crippen LogP contribution in [0.25, 0.3) is 0 Å². The number of hydrogen-bond donors (Lipinski definition) is 2. The van der Waals surface area contributed by atoms with E-state index in [9.17, 15) is 4.39 Å². The summed E-state index contributed by atoms with van der Waals surface area (Å²) in [4.78, 5) is 1.09. The Kier molecular flexibility index (Phi) is 4.47. The smallest absolute Gasteiger partial charge is 0.171 e. The van der Waals surface area contributed by atoms with E-state index in [0.717, 1.165) is 0 Å². The van der Waals surface area contributed by atoms with Gasteiger partial charge in [-0.2, -0.15) is 0 Å². The molecule has 0 unspecified atom stereocenters. The summed E-state index contributed by atoms with van der Waals surface area (Å²) in [7, 11) is 1.54. The topological polar surface area (TPSA) is 67.8 Å². The van der Waals surface area contributed by atoms with Crippen molar-refractivity contribution in [2.45, 2.75) is 9.79 Å². The minimum atomic E-state index is -0.328. The molecule has 0 spiro atoms. The molecule has 2 aromatic rings. The quantitative estimate of drug-likeness (QED) is 0.393. The van der Waals surface area contributed by atoms with Gasteiger partial charge in [0.25, 0.3) is 0 Å². The Bertz CT molecular complexity index is 647. The zero-order valence-corrected chi connectivity index (χ0v) is 11.5. The molecule has 0 aliphatic rings. The van der Waals surface area contributed by atoms with Crippen LogP contribution in [0.15, 0.2) is 57.4 Å². The minimum Gasteiger partial charge on any atom is -0.497 e. The molecule has 4 nitrogen and oxygen atoms in total. The second-order valence-corrected chi connectivity index (χ2v) is 4.96. The van der Waals surface area contributed by atoms with Crippen LogP contribution < -0.4 is 10.5 Å². The maximum Gasteiger partial charge on any atom is 0.171 e. The number of benzene rings is 2. The van der Waals surface area contributed by atoms with E-state index in [-0.39, 0.29) is 11.7 Å². The molecule has 0 radical (unpaired) electrons. The van der Waals surface area contributed by atoms with Gasteiger partial charge in [-0.05, 0) is 30.3 Å². The van der Waals surface area contributed by atoms with Gasteiger partial charge in [-0.1, -0.05) is 29.1 Å². The van der Waals surface area contributed by atoms with Crippen molar-refractivity contribution in [1.29, 1.82) is 0 Å². The third-order valence-corrected chi connectivity index (χ3v) is 3.74. The first-order valence-corrected chi connectivity index (χ1v) is 6.55. The average molecular weight is 292 g/mol. The highest BCUT2D eigenvalue weighted by Gasteiger charge is 2.12. The molecule has 0 aromatic heterocycles. The Morgan fingerprint density at radius 2 is 2.00 bits per heavy atom. The predicted octanol–water partition coefficient (Wildman–Crippen LogP) is 3.08. The Hall–Kier alpha value is -2.21. The van der Waals surface area contributed by atoms with Crippen molar-refractivity contribution >= 4 is 17.6 Å². The Labute approximate surface area is 120 Å². The van der Waals surface area contributed by atoms with E-state index < -0.39 is 0 Å². The van der Waals surface area contributed by atoms with Gasteiger partial charge in [-0.15, -0.1) is 0 Å². The summed E-state index contributed by atoms with van der Waals surface area (Å²) in [6.45, 7) is 0. The number of methoxy groups -OCH3 is 1. The van der Waals surface area contributed by atoms with Crippen LogP contribution in [0.3, 0.4) is 0 Å². The van der Waals surface area contributed by atoms with Crippen LogP contribution in [0.4, 0.5) is 4.39 Å². The second kappa shape index (κ2) is 6.29. The highest BCUT2D eigenvalue weighted by atomic mass is 32.2. The molecular weight excluding hydrogens is 279 g/mol. The zero-order chi connectivity index (χ0) is 14.5. The fraction of sp³-hybridized carbons (Fsp3) is 0.0714. The van der Waals surface area contributed by atoms with E-state index in [4.69, 9.17) is 15.7 Å². The van der Waals surface area contributed by atoms with E-state index in [1.54, 1.807) is 36.4 Å². The van der Waals surface area contributed by atoms with Crippen molar-refractivity contribution in [3.8, 4) is 5.75 Å². The SMILES string of the molecule is COc1ccc(/C(N)=N/O)c(Sc2ccccc2F)c1. The van der Waals surface area contributed by atoms with Crippen LogP contribution in [0.1, 0.15) is 5.56 Å². The number of ether oxygens (including phenoxy) is 1. The predicted molar refractivity (Wildman–Crippen MR) is 76.0 cm³/mol. The number of rotatable bonds is 4. The largest absolute Gasteiger partial charge is 0.497 e. The zero-order valence-electron chi connectivity index (χ0n) is 10.7. The standard InChI is InChI=1S/C14H13FN2O2S/c1-19-9-6-7-10(14(16)17-18)13(8-9)20-12-5-3-2-4-11(12)15/h2-8,18H,1H3,(H2,16,17). The van der Waals surface area contributed by atoms with Crippen LogP contribution in [0.2, 0.25) is 0 Å². The summed E-state index contributed by atoms with van der Waals surface area (Å²) in [5, 5.41) is 11.8. The molecule has 0 amide bonds. The molecule has 0 fully saturated rings. The number of hydrogen-bond acceptors (Lipinski definition) is 4. The van der Waals surface area contributed by atoms with E-state index >= 15 is 0 Å². The lowest BCUT2D eigenvalue weighted by Gasteiger charge is -2.10. The Balaban J connectivity index is 2.46. The number of nitrogens with zero attached hydrogens (tertiary/aromatic N) is 1. The van der Waals surface area contributed by atoms with Crippen molar-refractivity contribution in [3.63, 3.8) is 0 Å².